The van der Waals surface area contributed by atoms with Gasteiger partial charge >= 0.3 is 6.18 Å². The molecule has 2 aliphatic heterocycles. The average molecular weight is 393 g/mol. The molecule has 2 aromatic rings. The van der Waals surface area contributed by atoms with E-state index in [0.717, 1.165) is 30.3 Å². The number of carbonyl (C=O) groups excluding carboxylic acids is 1. The lowest BCUT2D eigenvalue weighted by atomic mass is 10.1. The number of likely N-dealkylation sites (tertiary alicyclic amines) is 2. The Balaban J connectivity index is 1.48. The number of amides is 1. The highest BCUT2D eigenvalue weighted by molar-refractivity contribution is 5.80. The van der Waals surface area contributed by atoms with Gasteiger partial charge in [-0.3, -0.25) is 9.69 Å². The maximum Gasteiger partial charge on any atom is 0.416 e. The van der Waals surface area contributed by atoms with E-state index in [1.807, 2.05) is 18.7 Å². The molecule has 150 valence electrons. The third-order valence-electron chi connectivity index (χ3n) is 5.88. The summed E-state index contributed by atoms with van der Waals surface area (Å²) in [6.07, 6.45) is -3.14. The fraction of sp³-hybridized carbons (Fsp3) is 0.500. The summed E-state index contributed by atoms with van der Waals surface area (Å²) < 4.78 is 44.1. The molecule has 2 atom stereocenters. The van der Waals surface area contributed by atoms with Gasteiger partial charge in [0.2, 0.25) is 5.91 Å². The molecule has 28 heavy (non-hydrogen) atoms. The van der Waals surface area contributed by atoms with Crippen LogP contribution >= 0.6 is 0 Å². The van der Waals surface area contributed by atoms with Gasteiger partial charge in [-0.25, -0.2) is 0 Å². The molecule has 5 nitrogen and oxygen atoms in total. The maximum atomic E-state index is 13.0. The van der Waals surface area contributed by atoms with Gasteiger partial charge in [0.15, 0.2) is 0 Å². The number of rotatable bonds is 4. The third kappa shape index (κ3) is 3.41. The molecule has 0 radical (unpaired) electrons. The Morgan fingerprint density at radius 1 is 1.21 bits per heavy atom. The molecule has 0 bridgehead atoms. The lowest BCUT2D eigenvalue weighted by molar-refractivity contribution is -0.137. The molecule has 0 aliphatic carbocycles. The van der Waals surface area contributed by atoms with E-state index in [0.29, 0.717) is 30.8 Å². The van der Waals surface area contributed by atoms with Gasteiger partial charge in [0.05, 0.1) is 17.8 Å². The van der Waals surface area contributed by atoms with Gasteiger partial charge in [-0.2, -0.15) is 13.2 Å². The molecular formula is C20H22F3N3O2. The number of alkyl halides is 3. The Labute approximate surface area is 161 Å². The predicted octanol–water partition coefficient (Wildman–Crippen LogP) is 3.69. The Kier molecular flexibility index (Phi) is 4.69. The van der Waals surface area contributed by atoms with Crippen LogP contribution in [0.1, 0.15) is 41.0 Å². The molecular weight excluding hydrogens is 371 g/mol. The van der Waals surface area contributed by atoms with Crippen LogP contribution in [0.2, 0.25) is 0 Å². The van der Waals surface area contributed by atoms with E-state index in [1.165, 1.54) is 12.1 Å². The van der Waals surface area contributed by atoms with Crippen molar-refractivity contribution in [1.29, 1.82) is 0 Å². The Morgan fingerprint density at radius 3 is 2.68 bits per heavy atom. The zero-order valence-electron chi connectivity index (χ0n) is 15.8. The SMILES string of the molecule is Cc1noc(C)c1CN1C(=O)C[C@H]2[C@@H]1CCN2Cc1cccc(C(F)(F)F)c1. The lowest BCUT2D eigenvalue weighted by Crippen LogP contribution is -2.37. The Morgan fingerprint density at radius 2 is 2.00 bits per heavy atom. The van der Waals surface area contributed by atoms with Crippen LogP contribution in [0.25, 0.3) is 0 Å². The van der Waals surface area contributed by atoms with Crippen molar-refractivity contribution in [3.63, 3.8) is 0 Å². The van der Waals surface area contributed by atoms with E-state index < -0.39 is 11.7 Å². The van der Waals surface area contributed by atoms with Crippen LogP contribution in [0.5, 0.6) is 0 Å². The normalized spacial score (nSPS) is 22.9. The van der Waals surface area contributed by atoms with Crippen molar-refractivity contribution in [3.8, 4) is 0 Å². The number of fused-ring (bicyclic) bond motifs is 1. The molecule has 4 rings (SSSR count). The van der Waals surface area contributed by atoms with Crippen LogP contribution in [0, 0.1) is 13.8 Å². The fourth-order valence-corrected chi connectivity index (χ4v) is 4.39. The zero-order valence-corrected chi connectivity index (χ0v) is 15.8. The molecule has 0 saturated carbocycles. The quantitative estimate of drug-likeness (QED) is 0.795. The first-order chi connectivity index (χ1) is 13.2. The molecule has 1 amide bonds. The van der Waals surface area contributed by atoms with E-state index in [2.05, 4.69) is 10.1 Å². The maximum absolute atomic E-state index is 13.0. The molecule has 1 aromatic carbocycles. The number of benzene rings is 1. The first-order valence-electron chi connectivity index (χ1n) is 9.35. The molecule has 2 aliphatic rings. The largest absolute Gasteiger partial charge is 0.416 e. The second-order valence-corrected chi connectivity index (χ2v) is 7.62. The smallest absolute Gasteiger partial charge is 0.361 e. The number of hydrogen-bond acceptors (Lipinski definition) is 4. The summed E-state index contributed by atoms with van der Waals surface area (Å²) >= 11 is 0. The van der Waals surface area contributed by atoms with Crippen LogP contribution in [0.3, 0.4) is 0 Å². The number of hydrogen-bond donors (Lipinski definition) is 0. The van der Waals surface area contributed by atoms with Crippen molar-refractivity contribution in [1.82, 2.24) is 15.0 Å². The summed E-state index contributed by atoms with van der Waals surface area (Å²) in [7, 11) is 0. The highest BCUT2D eigenvalue weighted by Gasteiger charge is 2.46. The van der Waals surface area contributed by atoms with Crippen molar-refractivity contribution in [2.75, 3.05) is 6.54 Å². The second-order valence-electron chi connectivity index (χ2n) is 7.62. The topological polar surface area (TPSA) is 49.6 Å². The van der Waals surface area contributed by atoms with Crippen LogP contribution in [-0.4, -0.2) is 39.5 Å². The fourth-order valence-electron chi connectivity index (χ4n) is 4.39. The van der Waals surface area contributed by atoms with Crippen LogP contribution in [0.15, 0.2) is 28.8 Å². The molecule has 8 heteroatoms. The molecule has 0 N–H and O–H groups in total. The minimum absolute atomic E-state index is 0.0301. The monoisotopic (exact) mass is 393 g/mol. The number of nitrogens with zero attached hydrogens (tertiary/aromatic N) is 3. The summed E-state index contributed by atoms with van der Waals surface area (Å²) in [6.45, 7) is 5.34. The van der Waals surface area contributed by atoms with E-state index >= 15 is 0 Å². The second kappa shape index (κ2) is 6.92. The lowest BCUT2D eigenvalue weighted by Gasteiger charge is -2.25. The summed E-state index contributed by atoms with van der Waals surface area (Å²) in [4.78, 5) is 16.6. The van der Waals surface area contributed by atoms with Crippen molar-refractivity contribution in [3.05, 3.63) is 52.4 Å². The van der Waals surface area contributed by atoms with Crippen molar-refractivity contribution >= 4 is 5.91 Å². The number of halogens is 3. The predicted molar refractivity (Wildman–Crippen MR) is 95.2 cm³/mol. The number of aromatic nitrogens is 1. The van der Waals surface area contributed by atoms with Crippen molar-refractivity contribution < 1.29 is 22.5 Å². The highest BCUT2D eigenvalue weighted by atomic mass is 19.4. The molecule has 0 spiro atoms. The standard InChI is InChI=1S/C20H22F3N3O2/c1-12-16(13(2)28-24-12)11-26-17-6-7-25(18(17)9-19(26)27)10-14-4-3-5-15(8-14)20(21,22)23/h3-5,8,17-18H,6-7,9-11H2,1-2H3/t17-,18-/m0/s1. The molecule has 2 fully saturated rings. The van der Waals surface area contributed by atoms with E-state index in [4.69, 9.17) is 4.52 Å². The van der Waals surface area contributed by atoms with Gasteiger partial charge < -0.3 is 9.42 Å². The number of aryl methyl sites for hydroxylation is 2. The van der Waals surface area contributed by atoms with Gasteiger partial charge in [0.25, 0.3) is 0 Å². The molecule has 1 aromatic heterocycles. The molecule has 0 unspecified atom stereocenters. The van der Waals surface area contributed by atoms with Gasteiger partial charge in [-0.15, -0.1) is 0 Å². The minimum Gasteiger partial charge on any atom is -0.361 e. The molecule has 3 heterocycles. The van der Waals surface area contributed by atoms with E-state index in [1.54, 1.807) is 6.07 Å². The Hall–Kier alpha value is -2.35. The highest BCUT2D eigenvalue weighted by Crippen LogP contribution is 2.36. The van der Waals surface area contributed by atoms with Crippen LogP contribution < -0.4 is 0 Å². The third-order valence-corrected chi connectivity index (χ3v) is 5.88. The first-order valence-corrected chi connectivity index (χ1v) is 9.35. The van der Waals surface area contributed by atoms with E-state index in [-0.39, 0.29) is 18.0 Å². The summed E-state index contributed by atoms with van der Waals surface area (Å²) in [5.74, 6) is 0.788. The minimum atomic E-state index is -4.35. The van der Waals surface area contributed by atoms with Gasteiger partial charge in [-0.05, 0) is 31.9 Å². The average Bonchev–Trinajstić information content (AvgIpc) is 3.26. The summed E-state index contributed by atoms with van der Waals surface area (Å²) in [6, 6.07) is 5.54. The first kappa shape index (κ1) is 19.0. The van der Waals surface area contributed by atoms with Gasteiger partial charge in [-0.1, -0.05) is 23.4 Å². The van der Waals surface area contributed by atoms with Gasteiger partial charge in [0, 0.05) is 37.2 Å². The van der Waals surface area contributed by atoms with Crippen LogP contribution in [-0.2, 0) is 24.1 Å². The summed E-state index contributed by atoms with van der Waals surface area (Å²) in [5, 5.41) is 3.95. The van der Waals surface area contributed by atoms with Crippen LogP contribution in [0.4, 0.5) is 13.2 Å². The Bertz CT molecular complexity index is 874. The molecule has 2 saturated heterocycles. The van der Waals surface area contributed by atoms with Gasteiger partial charge in [0.1, 0.15) is 5.76 Å². The van der Waals surface area contributed by atoms with Crippen molar-refractivity contribution in [2.24, 2.45) is 0 Å². The number of carbonyl (C=O) groups is 1. The summed E-state index contributed by atoms with van der Waals surface area (Å²) in [5.41, 5.74) is 1.70. The van der Waals surface area contributed by atoms with E-state index in [9.17, 15) is 18.0 Å². The van der Waals surface area contributed by atoms with Crippen molar-refractivity contribution in [2.45, 2.75) is 58.0 Å². The zero-order chi connectivity index (χ0) is 20.1.